The van der Waals surface area contributed by atoms with Gasteiger partial charge in [-0.25, -0.2) is 0 Å². The molecule has 1 atom stereocenters. The van der Waals surface area contributed by atoms with Crippen LogP contribution in [0.2, 0.25) is 0 Å². The molecule has 2 aromatic rings. The summed E-state index contributed by atoms with van der Waals surface area (Å²) in [7, 11) is 2.00. The first-order valence-corrected chi connectivity index (χ1v) is 7.76. The lowest BCUT2D eigenvalue weighted by Gasteiger charge is -2.14. The van der Waals surface area contributed by atoms with E-state index in [2.05, 4.69) is 33.1 Å². The first kappa shape index (κ1) is 13.5. The predicted octanol–water partition coefficient (Wildman–Crippen LogP) is 2.67. The monoisotopic (exact) mass is 289 g/mol. The average Bonchev–Trinajstić information content (AvgIpc) is 3.08. The summed E-state index contributed by atoms with van der Waals surface area (Å²) >= 11 is 1.49. The molecule has 1 N–H and O–H groups in total. The van der Waals surface area contributed by atoms with Crippen LogP contribution in [0.3, 0.4) is 0 Å². The minimum absolute atomic E-state index is 0.333. The van der Waals surface area contributed by atoms with Gasteiger partial charge in [-0.15, -0.1) is 5.10 Å². The van der Waals surface area contributed by atoms with Crippen LogP contribution >= 0.6 is 11.5 Å². The number of fused-ring (bicyclic) bond motifs is 1. The highest BCUT2D eigenvalue weighted by Gasteiger charge is 2.16. The molecule has 4 nitrogen and oxygen atoms in total. The van der Waals surface area contributed by atoms with E-state index in [4.69, 9.17) is 4.74 Å². The Morgan fingerprint density at radius 2 is 2.35 bits per heavy atom. The molecule has 0 bridgehead atoms. The number of nitrogens with one attached hydrogen (secondary N) is 1. The van der Waals surface area contributed by atoms with Gasteiger partial charge in [0.25, 0.3) is 0 Å². The van der Waals surface area contributed by atoms with Gasteiger partial charge in [-0.3, -0.25) is 0 Å². The van der Waals surface area contributed by atoms with Crippen molar-refractivity contribution in [1.82, 2.24) is 14.9 Å². The van der Waals surface area contributed by atoms with E-state index >= 15 is 0 Å². The molecule has 0 saturated carbocycles. The Bertz CT molecular complexity index is 597. The lowest BCUT2D eigenvalue weighted by Crippen LogP contribution is -2.17. The third-order valence-electron chi connectivity index (χ3n) is 3.83. The normalized spacial score (nSPS) is 14.9. The van der Waals surface area contributed by atoms with E-state index in [-0.39, 0.29) is 0 Å². The zero-order valence-electron chi connectivity index (χ0n) is 11.8. The summed E-state index contributed by atoms with van der Waals surface area (Å²) in [5, 5.41) is 7.47. The Morgan fingerprint density at radius 3 is 3.10 bits per heavy atom. The van der Waals surface area contributed by atoms with Gasteiger partial charge in [0.15, 0.2) is 0 Å². The van der Waals surface area contributed by atoms with Crippen LogP contribution in [0.25, 0.3) is 0 Å². The van der Waals surface area contributed by atoms with E-state index in [1.165, 1.54) is 27.5 Å². The summed E-state index contributed by atoms with van der Waals surface area (Å²) in [6, 6.07) is 6.90. The van der Waals surface area contributed by atoms with Gasteiger partial charge in [0.05, 0.1) is 17.2 Å². The van der Waals surface area contributed by atoms with Gasteiger partial charge >= 0.3 is 0 Å². The SMILES string of the molecule is CNC(CCc1ccc2c(c1)CCO2)c1snnc1C. The summed E-state index contributed by atoms with van der Waals surface area (Å²) in [6.45, 7) is 2.85. The summed E-state index contributed by atoms with van der Waals surface area (Å²) in [6.07, 6.45) is 3.15. The standard InChI is InChI=1S/C15H19N3OS/c1-10-15(20-18-17-10)13(16-2)5-3-11-4-6-14-12(9-11)7-8-19-14/h4,6,9,13,16H,3,5,7-8H2,1-2H3. The Hall–Kier alpha value is -1.46. The second-order valence-corrected chi connectivity index (χ2v) is 5.93. The van der Waals surface area contributed by atoms with Crippen molar-refractivity contribution in [3.05, 3.63) is 39.9 Å². The van der Waals surface area contributed by atoms with E-state index in [0.29, 0.717) is 6.04 Å². The molecule has 106 valence electrons. The average molecular weight is 289 g/mol. The molecule has 0 amide bonds. The smallest absolute Gasteiger partial charge is 0.122 e. The van der Waals surface area contributed by atoms with E-state index in [0.717, 1.165) is 37.3 Å². The van der Waals surface area contributed by atoms with Crippen LogP contribution in [0, 0.1) is 6.92 Å². The Kier molecular flexibility index (Phi) is 3.98. The highest BCUT2D eigenvalue weighted by molar-refractivity contribution is 7.05. The van der Waals surface area contributed by atoms with Gasteiger partial charge in [-0.1, -0.05) is 16.6 Å². The molecule has 2 heterocycles. The van der Waals surface area contributed by atoms with Crippen molar-refractivity contribution >= 4 is 11.5 Å². The van der Waals surface area contributed by atoms with Gasteiger partial charge in [-0.05, 0) is 55.5 Å². The van der Waals surface area contributed by atoms with Crippen LogP contribution in [0.5, 0.6) is 5.75 Å². The zero-order chi connectivity index (χ0) is 13.9. The van der Waals surface area contributed by atoms with Crippen LogP contribution in [-0.4, -0.2) is 23.2 Å². The van der Waals surface area contributed by atoms with Crippen molar-refractivity contribution in [1.29, 1.82) is 0 Å². The summed E-state index contributed by atoms with van der Waals surface area (Å²) in [5.74, 6) is 1.06. The molecular formula is C15H19N3OS. The molecule has 0 radical (unpaired) electrons. The maximum absolute atomic E-state index is 5.55. The largest absolute Gasteiger partial charge is 0.493 e. The lowest BCUT2D eigenvalue weighted by molar-refractivity contribution is 0.357. The van der Waals surface area contributed by atoms with Crippen molar-refractivity contribution in [3.8, 4) is 5.75 Å². The number of hydrogen-bond donors (Lipinski definition) is 1. The first-order chi connectivity index (χ1) is 9.78. The molecule has 1 aliphatic rings. The second-order valence-electron chi connectivity index (χ2n) is 5.14. The molecule has 1 aromatic carbocycles. The Labute approximate surface area is 123 Å². The third kappa shape index (κ3) is 2.69. The number of rotatable bonds is 5. The number of aryl methyl sites for hydroxylation is 2. The molecule has 0 spiro atoms. The maximum atomic E-state index is 5.55. The topological polar surface area (TPSA) is 47.0 Å². The number of ether oxygens (including phenoxy) is 1. The molecule has 1 unspecified atom stereocenters. The lowest BCUT2D eigenvalue weighted by atomic mass is 10.0. The van der Waals surface area contributed by atoms with E-state index in [9.17, 15) is 0 Å². The fourth-order valence-electron chi connectivity index (χ4n) is 2.67. The molecule has 1 aromatic heterocycles. The molecule has 20 heavy (non-hydrogen) atoms. The van der Waals surface area contributed by atoms with Crippen molar-refractivity contribution < 1.29 is 4.74 Å². The van der Waals surface area contributed by atoms with Gasteiger partial charge < -0.3 is 10.1 Å². The summed E-state index contributed by atoms with van der Waals surface area (Å²) in [5.41, 5.74) is 3.76. The molecular weight excluding hydrogens is 270 g/mol. The number of hydrogen-bond acceptors (Lipinski definition) is 5. The number of nitrogens with zero attached hydrogens (tertiary/aromatic N) is 2. The fourth-order valence-corrected chi connectivity index (χ4v) is 3.46. The van der Waals surface area contributed by atoms with Crippen LogP contribution in [0.1, 0.15) is 34.2 Å². The van der Waals surface area contributed by atoms with Crippen molar-refractivity contribution in [2.45, 2.75) is 32.2 Å². The molecule has 0 fully saturated rings. The number of benzene rings is 1. The zero-order valence-corrected chi connectivity index (χ0v) is 12.7. The van der Waals surface area contributed by atoms with Gasteiger partial charge in [0.2, 0.25) is 0 Å². The quantitative estimate of drug-likeness (QED) is 0.919. The highest BCUT2D eigenvalue weighted by Crippen LogP contribution is 2.28. The van der Waals surface area contributed by atoms with Crippen LogP contribution in [-0.2, 0) is 12.8 Å². The highest BCUT2D eigenvalue weighted by atomic mass is 32.1. The van der Waals surface area contributed by atoms with Crippen molar-refractivity contribution in [2.75, 3.05) is 13.7 Å². The Morgan fingerprint density at radius 1 is 1.45 bits per heavy atom. The minimum atomic E-state index is 0.333. The summed E-state index contributed by atoms with van der Waals surface area (Å²) < 4.78 is 9.58. The molecule has 1 aliphatic heterocycles. The van der Waals surface area contributed by atoms with Gasteiger partial charge in [-0.2, -0.15) is 0 Å². The van der Waals surface area contributed by atoms with Crippen molar-refractivity contribution in [3.63, 3.8) is 0 Å². The van der Waals surface area contributed by atoms with E-state index in [1.807, 2.05) is 14.0 Å². The molecule has 0 saturated heterocycles. The molecule has 0 aliphatic carbocycles. The molecule has 5 heteroatoms. The molecule has 3 rings (SSSR count). The second kappa shape index (κ2) is 5.89. The van der Waals surface area contributed by atoms with Crippen LogP contribution < -0.4 is 10.1 Å². The maximum Gasteiger partial charge on any atom is 0.122 e. The van der Waals surface area contributed by atoms with Crippen LogP contribution in [0.15, 0.2) is 18.2 Å². The summed E-state index contributed by atoms with van der Waals surface area (Å²) in [4.78, 5) is 1.25. The third-order valence-corrected chi connectivity index (χ3v) is 4.77. The van der Waals surface area contributed by atoms with Crippen LogP contribution in [0.4, 0.5) is 0 Å². The first-order valence-electron chi connectivity index (χ1n) is 6.98. The minimum Gasteiger partial charge on any atom is -0.493 e. The number of aromatic nitrogens is 2. The van der Waals surface area contributed by atoms with Crippen molar-refractivity contribution in [2.24, 2.45) is 0 Å². The van der Waals surface area contributed by atoms with Gasteiger partial charge in [0, 0.05) is 12.5 Å². The fraction of sp³-hybridized carbons (Fsp3) is 0.467. The van der Waals surface area contributed by atoms with E-state index < -0.39 is 0 Å². The van der Waals surface area contributed by atoms with Gasteiger partial charge in [0.1, 0.15) is 5.75 Å². The Balaban J connectivity index is 1.68. The van der Waals surface area contributed by atoms with E-state index in [1.54, 1.807) is 0 Å². The predicted molar refractivity (Wildman–Crippen MR) is 80.4 cm³/mol.